The molecule has 0 heterocycles. The molecular formula is C18H21ClN2O2. The van der Waals surface area contributed by atoms with Crippen LogP contribution < -0.4 is 5.32 Å². The molecule has 0 radical (unpaired) electrons. The Morgan fingerprint density at radius 3 is 2.52 bits per heavy atom. The summed E-state index contributed by atoms with van der Waals surface area (Å²) in [5.74, 6) is 0.159. The van der Waals surface area contributed by atoms with Crippen molar-refractivity contribution in [1.29, 1.82) is 0 Å². The standard InChI is InChI=1S/C18H21ClN2O2/c1-13(11-14-7-9-15(22)10-8-14)21(2)12-18(23)20-17-6-4-3-5-16(17)19/h3-10,13,22H,11-12H2,1-2H3,(H,20,23). The highest BCUT2D eigenvalue weighted by Gasteiger charge is 2.14. The first-order valence-corrected chi connectivity index (χ1v) is 7.86. The Morgan fingerprint density at radius 1 is 1.22 bits per heavy atom. The lowest BCUT2D eigenvalue weighted by atomic mass is 10.1. The molecule has 23 heavy (non-hydrogen) atoms. The van der Waals surface area contributed by atoms with Gasteiger partial charge in [0.1, 0.15) is 5.75 Å². The first-order valence-electron chi connectivity index (χ1n) is 7.48. The highest BCUT2D eigenvalue weighted by atomic mass is 35.5. The predicted octanol–water partition coefficient (Wildman–Crippen LogP) is 3.55. The first-order chi connectivity index (χ1) is 11.0. The van der Waals surface area contributed by atoms with Crippen molar-refractivity contribution >= 4 is 23.2 Å². The van der Waals surface area contributed by atoms with E-state index >= 15 is 0 Å². The van der Waals surface area contributed by atoms with Gasteiger partial charge in [-0.2, -0.15) is 0 Å². The average Bonchev–Trinajstić information content (AvgIpc) is 2.51. The van der Waals surface area contributed by atoms with Crippen LogP contribution in [0.1, 0.15) is 12.5 Å². The third kappa shape index (κ3) is 5.27. The second kappa shape index (κ2) is 7.99. The maximum atomic E-state index is 12.1. The number of anilines is 1. The number of hydrogen-bond acceptors (Lipinski definition) is 3. The summed E-state index contributed by atoms with van der Waals surface area (Å²) in [7, 11) is 1.91. The highest BCUT2D eigenvalue weighted by molar-refractivity contribution is 6.33. The van der Waals surface area contributed by atoms with Gasteiger partial charge >= 0.3 is 0 Å². The van der Waals surface area contributed by atoms with Crippen LogP contribution in [0.5, 0.6) is 5.75 Å². The van der Waals surface area contributed by atoms with E-state index in [0.29, 0.717) is 10.7 Å². The fourth-order valence-corrected chi connectivity index (χ4v) is 2.45. The van der Waals surface area contributed by atoms with E-state index in [0.717, 1.165) is 12.0 Å². The van der Waals surface area contributed by atoms with Crippen LogP contribution in [0.3, 0.4) is 0 Å². The number of rotatable bonds is 6. The molecule has 2 aromatic rings. The molecule has 0 aromatic heterocycles. The number of likely N-dealkylation sites (N-methyl/N-ethyl adjacent to an activating group) is 1. The second-order valence-corrected chi connectivity index (χ2v) is 6.07. The zero-order chi connectivity index (χ0) is 16.8. The molecule has 2 N–H and O–H groups in total. The van der Waals surface area contributed by atoms with Crippen molar-refractivity contribution in [1.82, 2.24) is 4.90 Å². The summed E-state index contributed by atoms with van der Waals surface area (Å²) in [6.45, 7) is 2.35. The molecule has 0 aliphatic heterocycles. The monoisotopic (exact) mass is 332 g/mol. The van der Waals surface area contributed by atoms with E-state index < -0.39 is 0 Å². The van der Waals surface area contributed by atoms with Gasteiger partial charge in [0, 0.05) is 6.04 Å². The van der Waals surface area contributed by atoms with Crippen molar-refractivity contribution in [2.24, 2.45) is 0 Å². The van der Waals surface area contributed by atoms with E-state index in [9.17, 15) is 9.90 Å². The number of aromatic hydroxyl groups is 1. The van der Waals surface area contributed by atoms with Crippen LogP contribution in [0.4, 0.5) is 5.69 Å². The minimum atomic E-state index is -0.0989. The second-order valence-electron chi connectivity index (χ2n) is 5.66. The summed E-state index contributed by atoms with van der Waals surface area (Å²) < 4.78 is 0. The minimum Gasteiger partial charge on any atom is -0.508 e. The number of nitrogens with zero attached hydrogens (tertiary/aromatic N) is 1. The van der Waals surface area contributed by atoms with Gasteiger partial charge in [-0.25, -0.2) is 0 Å². The number of para-hydroxylation sites is 1. The molecule has 0 spiro atoms. The van der Waals surface area contributed by atoms with Crippen molar-refractivity contribution in [3.05, 3.63) is 59.1 Å². The van der Waals surface area contributed by atoms with Crippen LogP contribution in [-0.2, 0) is 11.2 Å². The van der Waals surface area contributed by atoms with Gasteiger partial charge in [0.05, 0.1) is 17.3 Å². The van der Waals surface area contributed by atoms with Gasteiger partial charge in [0.15, 0.2) is 0 Å². The van der Waals surface area contributed by atoms with Gasteiger partial charge < -0.3 is 10.4 Å². The fourth-order valence-electron chi connectivity index (χ4n) is 2.26. The smallest absolute Gasteiger partial charge is 0.238 e. The topological polar surface area (TPSA) is 52.6 Å². The molecule has 2 rings (SSSR count). The summed E-state index contributed by atoms with van der Waals surface area (Å²) in [5.41, 5.74) is 1.74. The summed E-state index contributed by atoms with van der Waals surface area (Å²) >= 11 is 6.04. The van der Waals surface area contributed by atoms with Crippen molar-refractivity contribution in [2.75, 3.05) is 18.9 Å². The van der Waals surface area contributed by atoms with E-state index in [4.69, 9.17) is 11.6 Å². The van der Waals surface area contributed by atoms with Gasteiger partial charge in [0.2, 0.25) is 5.91 Å². The zero-order valence-electron chi connectivity index (χ0n) is 13.3. The third-order valence-electron chi connectivity index (χ3n) is 3.76. The van der Waals surface area contributed by atoms with E-state index in [1.165, 1.54) is 0 Å². The molecule has 1 atom stereocenters. The Kier molecular flexibility index (Phi) is 6.02. The molecule has 5 heteroatoms. The molecule has 0 fully saturated rings. The lowest BCUT2D eigenvalue weighted by molar-refractivity contribution is -0.117. The van der Waals surface area contributed by atoms with Crippen molar-refractivity contribution < 1.29 is 9.90 Å². The minimum absolute atomic E-state index is 0.0989. The van der Waals surface area contributed by atoms with Gasteiger partial charge in [-0.3, -0.25) is 9.69 Å². The fraction of sp³-hybridized carbons (Fsp3) is 0.278. The largest absolute Gasteiger partial charge is 0.508 e. The Bertz CT molecular complexity index is 658. The maximum Gasteiger partial charge on any atom is 0.238 e. The SMILES string of the molecule is CC(Cc1ccc(O)cc1)N(C)CC(=O)Nc1ccccc1Cl. The first kappa shape index (κ1) is 17.3. The van der Waals surface area contributed by atoms with Crippen LogP contribution in [0.2, 0.25) is 5.02 Å². The molecule has 1 amide bonds. The van der Waals surface area contributed by atoms with E-state index in [1.807, 2.05) is 36.2 Å². The maximum absolute atomic E-state index is 12.1. The molecule has 0 saturated carbocycles. The molecule has 0 aliphatic carbocycles. The molecule has 1 unspecified atom stereocenters. The van der Waals surface area contributed by atoms with Gasteiger partial charge in [-0.1, -0.05) is 35.9 Å². The van der Waals surface area contributed by atoms with Crippen molar-refractivity contribution in [2.45, 2.75) is 19.4 Å². The number of nitrogens with one attached hydrogen (secondary N) is 1. The van der Waals surface area contributed by atoms with Crippen LogP contribution >= 0.6 is 11.6 Å². The quantitative estimate of drug-likeness (QED) is 0.850. The lowest BCUT2D eigenvalue weighted by Gasteiger charge is -2.24. The van der Waals surface area contributed by atoms with Crippen LogP contribution in [-0.4, -0.2) is 35.5 Å². The number of benzene rings is 2. The number of carbonyl (C=O) groups excluding carboxylic acids is 1. The summed E-state index contributed by atoms with van der Waals surface area (Å²) in [6, 6.07) is 14.5. The van der Waals surface area contributed by atoms with Crippen molar-refractivity contribution in [3.63, 3.8) is 0 Å². The molecule has 0 saturated heterocycles. The molecular weight excluding hydrogens is 312 g/mol. The molecule has 4 nitrogen and oxygen atoms in total. The summed E-state index contributed by atoms with van der Waals surface area (Å²) in [6.07, 6.45) is 0.802. The Balaban J connectivity index is 1.87. The number of phenols is 1. The van der Waals surface area contributed by atoms with Crippen molar-refractivity contribution in [3.8, 4) is 5.75 Å². The summed E-state index contributed by atoms with van der Waals surface area (Å²) in [4.78, 5) is 14.1. The Labute approximate surface area is 141 Å². The number of halogens is 1. The number of amides is 1. The molecule has 122 valence electrons. The average molecular weight is 333 g/mol. The van der Waals surface area contributed by atoms with Gasteiger partial charge in [-0.05, 0) is 50.2 Å². The van der Waals surface area contributed by atoms with Crippen LogP contribution in [0.25, 0.3) is 0 Å². The van der Waals surface area contributed by atoms with E-state index in [1.54, 1.807) is 24.3 Å². The number of phenolic OH excluding ortho intramolecular Hbond substituents is 1. The normalized spacial score (nSPS) is 12.2. The lowest BCUT2D eigenvalue weighted by Crippen LogP contribution is -2.37. The molecule has 2 aromatic carbocycles. The number of carbonyl (C=O) groups is 1. The predicted molar refractivity (Wildman–Crippen MR) is 94.0 cm³/mol. The molecule has 0 bridgehead atoms. The van der Waals surface area contributed by atoms with Gasteiger partial charge in [-0.15, -0.1) is 0 Å². The molecule has 0 aliphatic rings. The number of hydrogen-bond donors (Lipinski definition) is 2. The van der Waals surface area contributed by atoms with E-state index in [2.05, 4.69) is 12.2 Å². The third-order valence-corrected chi connectivity index (χ3v) is 4.09. The zero-order valence-corrected chi connectivity index (χ0v) is 14.0. The van der Waals surface area contributed by atoms with Crippen LogP contribution in [0, 0.1) is 0 Å². The summed E-state index contributed by atoms with van der Waals surface area (Å²) in [5, 5.41) is 12.7. The Hall–Kier alpha value is -2.04. The highest BCUT2D eigenvalue weighted by Crippen LogP contribution is 2.20. The van der Waals surface area contributed by atoms with Crippen LogP contribution in [0.15, 0.2) is 48.5 Å². The Morgan fingerprint density at radius 2 is 1.87 bits per heavy atom. The van der Waals surface area contributed by atoms with E-state index in [-0.39, 0.29) is 24.2 Å². The van der Waals surface area contributed by atoms with Gasteiger partial charge in [0.25, 0.3) is 0 Å².